The van der Waals surface area contributed by atoms with Crippen molar-refractivity contribution < 1.29 is 14.0 Å². The third-order valence-corrected chi connectivity index (χ3v) is 6.53. The summed E-state index contributed by atoms with van der Waals surface area (Å²) >= 11 is 6.14. The van der Waals surface area contributed by atoms with Crippen LogP contribution in [0.5, 0.6) is 0 Å². The van der Waals surface area contributed by atoms with Gasteiger partial charge in [0.15, 0.2) is 0 Å². The lowest BCUT2D eigenvalue weighted by molar-refractivity contribution is -0.126. The van der Waals surface area contributed by atoms with Crippen molar-refractivity contribution in [2.24, 2.45) is 11.0 Å². The molecule has 1 saturated heterocycles. The maximum atomic E-state index is 13.3. The second-order valence-electron chi connectivity index (χ2n) is 8.73. The van der Waals surface area contributed by atoms with Gasteiger partial charge in [0, 0.05) is 41.1 Å². The van der Waals surface area contributed by atoms with Gasteiger partial charge in [-0.3, -0.25) is 19.5 Å². The quantitative estimate of drug-likeness (QED) is 0.352. The van der Waals surface area contributed by atoms with Gasteiger partial charge in [0.1, 0.15) is 5.82 Å². The van der Waals surface area contributed by atoms with E-state index in [1.807, 2.05) is 18.2 Å². The number of rotatable bonds is 7. The van der Waals surface area contributed by atoms with Crippen LogP contribution in [0.15, 0.2) is 72.1 Å². The Bertz CT molecular complexity index is 1260. The number of piperidine rings is 1. The molecule has 0 bridgehead atoms. The predicted octanol–water partition coefficient (Wildman–Crippen LogP) is 4.88. The number of hydrogen-bond acceptors (Lipinski definition) is 5. The highest BCUT2D eigenvalue weighted by Gasteiger charge is 2.25. The summed E-state index contributed by atoms with van der Waals surface area (Å²) in [5.41, 5.74) is 6.12. The highest BCUT2D eigenvalue weighted by molar-refractivity contribution is 6.31. The van der Waals surface area contributed by atoms with Gasteiger partial charge in [-0.25, -0.2) is 9.82 Å². The summed E-state index contributed by atoms with van der Waals surface area (Å²) in [5.74, 6) is -0.828. The number of aromatic nitrogens is 1. The second-order valence-corrected chi connectivity index (χ2v) is 9.14. The third kappa shape index (κ3) is 6.74. The highest BCUT2D eigenvalue weighted by Crippen LogP contribution is 2.23. The topological polar surface area (TPSA) is 86.7 Å². The average molecular weight is 508 g/mol. The van der Waals surface area contributed by atoms with Crippen LogP contribution in [0.3, 0.4) is 0 Å². The number of anilines is 1. The fourth-order valence-electron chi connectivity index (χ4n) is 4.07. The maximum Gasteiger partial charge on any atom is 0.255 e. The number of hydrogen-bond donors (Lipinski definition) is 2. The van der Waals surface area contributed by atoms with Gasteiger partial charge >= 0.3 is 0 Å². The molecule has 36 heavy (non-hydrogen) atoms. The number of hydrazone groups is 1. The zero-order chi connectivity index (χ0) is 25.5. The van der Waals surface area contributed by atoms with Crippen molar-refractivity contribution in [2.75, 3.05) is 18.4 Å². The fraction of sp³-hybridized carbons (Fsp3) is 0.259. The molecular formula is C27H27ClFN5O2. The monoisotopic (exact) mass is 507 g/mol. The van der Waals surface area contributed by atoms with E-state index < -0.39 is 0 Å². The normalized spacial score (nSPS) is 14.9. The fourth-order valence-corrected chi connectivity index (χ4v) is 4.29. The average Bonchev–Trinajstić information content (AvgIpc) is 2.89. The summed E-state index contributed by atoms with van der Waals surface area (Å²) in [7, 11) is 0. The molecule has 0 atom stereocenters. The lowest BCUT2D eigenvalue weighted by Crippen LogP contribution is -2.39. The second kappa shape index (κ2) is 11.9. The van der Waals surface area contributed by atoms with E-state index in [1.54, 1.807) is 43.6 Å². The Morgan fingerprint density at radius 2 is 1.83 bits per heavy atom. The zero-order valence-electron chi connectivity index (χ0n) is 19.9. The molecule has 2 N–H and O–H groups in total. The Morgan fingerprint density at radius 3 is 2.56 bits per heavy atom. The first-order valence-corrected chi connectivity index (χ1v) is 12.1. The molecule has 0 saturated carbocycles. The SMILES string of the molecule is CC(=NNC(=O)C1CCN(Cc2ccc(F)cc2Cl)CC1)c1cccc(NC(=O)c2ccncc2)c1. The van der Waals surface area contributed by atoms with Gasteiger partial charge in [-0.1, -0.05) is 29.8 Å². The van der Waals surface area contributed by atoms with Gasteiger partial charge in [-0.05, 0) is 80.4 Å². The first-order chi connectivity index (χ1) is 17.4. The molecule has 1 fully saturated rings. The van der Waals surface area contributed by atoms with Gasteiger partial charge < -0.3 is 5.32 Å². The molecule has 186 valence electrons. The third-order valence-electron chi connectivity index (χ3n) is 6.18. The lowest BCUT2D eigenvalue weighted by atomic mass is 9.96. The predicted molar refractivity (Wildman–Crippen MR) is 138 cm³/mol. The summed E-state index contributed by atoms with van der Waals surface area (Å²) in [6, 6.07) is 15.0. The smallest absolute Gasteiger partial charge is 0.255 e. The van der Waals surface area contributed by atoms with Crippen molar-refractivity contribution >= 4 is 34.8 Å². The van der Waals surface area contributed by atoms with E-state index in [4.69, 9.17) is 11.6 Å². The summed E-state index contributed by atoms with van der Waals surface area (Å²) in [6.45, 7) is 3.92. The summed E-state index contributed by atoms with van der Waals surface area (Å²) in [4.78, 5) is 31.2. The van der Waals surface area contributed by atoms with Crippen molar-refractivity contribution in [3.63, 3.8) is 0 Å². The van der Waals surface area contributed by atoms with Crippen LogP contribution in [0.4, 0.5) is 10.1 Å². The number of likely N-dealkylation sites (tertiary alicyclic amines) is 1. The Kier molecular flexibility index (Phi) is 8.40. The van der Waals surface area contributed by atoms with Crippen molar-refractivity contribution in [3.05, 3.63) is 94.5 Å². The van der Waals surface area contributed by atoms with Crippen LogP contribution in [0, 0.1) is 11.7 Å². The number of nitrogens with zero attached hydrogens (tertiary/aromatic N) is 3. The van der Waals surface area contributed by atoms with E-state index in [-0.39, 0.29) is 23.5 Å². The molecule has 0 aliphatic carbocycles. The minimum atomic E-state index is -0.351. The van der Waals surface area contributed by atoms with Gasteiger partial charge in [0.05, 0.1) is 5.71 Å². The van der Waals surface area contributed by atoms with E-state index in [9.17, 15) is 14.0 Å². The number of carbonyl (C=O) groups is 2. The van der Waals surface area contributed by atoms with E-state index in [0.717, 1.165) is 24.2 Å². The van der Waals surface area contributed by atoms with Crippen LogP contribution in [-0.2, 0) is 11.3 Å². The molecule has 2 amide bonds. The molecule has 0 radical (unpaired) electrons. The lowest BCUT2D eigenvalue weighted by Gasteiger charge is -2.31. The van der Waals surface area contributed by atoms with E-state index in [0.29, 0.717) is 41.4 Å². The molecule has 7 nitrogen and oxygen atoms in total. The number of pyridine rings is 1. The summed E-state index contributed by atoms with van der Waals surface area (Å²) in [6.07, 6.45) is 4.54. The minimum absolute atomic E-state index is 0.115. The van der Waals surface area contributed by atoms with Crippen molar-refractivity contribution in [1.29, 1.82) is 0 Å². The number of nitrogens with one attached hydrogen (secondary N) is 2. The van der Waals surface area contributed by atoms with Crippen molar-refractivity contribution in [3.8, 4) is 0 Å². The molecule has 4 rings (SSSR count). The molecule has 3 aromatic rings. The maximum absolute atomic E-state index is 13.3. The number of halogens is 2. The minimum Gasteiger partial charge on any atom is -0.322 e. The Labute approximate surface area is 214 Å². The summed E-state index contributed by atoms with van der Waals surface area (Å²) < 4.78 is 13.3. The van der Waals surface area contributed by atoms with Crippen LogP contribution in [-0.4, -0.2) is 40.5 Å². The molecular weight excluding hydrogens is 481 g/mol. The molecule has 1 aromatic heterocycles. The summed E-state index contributed by atoms with van der Waals surface area (Å²) in [5, 5.41) is 7.56. The first kappa shape index (κ1) is 25.5. The Morgan fingerprint density at radius 1 is 1.08 bits per heavy atom. The van der Waals surface area contributed by atoms with E-state index in [1.165, 1.54) is 12.1 Å². The van der Waals surface area contributed by atoms with Crippen LogP contribution in [0.25, 0.3) is 0 Å². The van der Waals surface area contributed by atoms with Crippen LogP contribution < -0.4 is 10.7 Å². The van der Waals surface area contributed by atoms with Gasteiger partial charge in [-0.2, -0.15) is 5.10 Å². The van der Waals surface area contributed by atoms with Crippen LogP contribution in [0.2, 0.25) is 5.02 Å². The molecule has 0 spiro atoms. The first-order valence-electron chi connectivity index (χ1n) is 11.7. The van der Waals surface area contributed by atoms with Crippen LogP contribution >= 0.6 is 11.6 Å². The largest absolute Gasteiger partial charge is 0.322 e. The van der Waals surface area contributed by atoms with E-state index in [2.05, 4.69) is 25.7 Å². The highest BCUT2D eigenvalue weighted by atomic mass is 35.5. The van der Waals surface area contributed by atoms with Gasteiger partial charge in [-0.15, -0.1) is 0 Å². The molecule has 1 aliphatic heterocycles. The standard InChI is InChI=1S/C27H27ClFN5O2/c1-18(21-3-2-4-24(15-21)31-26(35)19-7-11-30-12-8-19)32-33-27(36)20-9-13-34(14-10-20)17-22-5-6-23(29)16-25(22)28/h2-8,11-12,15-16,20H,9-10,13-14,17H2,1H3,(H,31,35)(H,33,36). The van der Waals surface area contributed by atoms with Crippen molar-refractivity contribution in [2.45, 2.75) is 26.3 Å². The Hall–Kier alpha value is -3.62. The van der Waals surface area contributed by atoms with Gasteiger partial charge in [0.25, 0.3) is 5.91 Å². The Balaban J connectivity index is 1.28. The number of carbonyl (C=O) groups excluding carboxylic acids is 2. The molecule has 2 aromatic carbocycles. The number of amides is 2. The molecule has 2 heterocycles. The van der Waals surface area contributed by atoms with E-state index >= 15 is 0 Å². The number of benzene rings is 2. The van der Waals surface area contributed by atoms with Gasteiger partial charge in [0.2, 0.25) is 5.91 Å². The molecule has 0 unspecified atom stereocenters. The molecule has 9 heteroatoms. The molecule has 1 aliphatic rings. The van der Waals surface area contributed by atoms with Crippen LogP contribution in [0.1, 0.15) is 41.3 Å². The zero-order valence-corrected chi connectivity index (χ0v) is 20.6. The van der Waals surface area contributed by atoms with Crippen molar-refractivity contribution in [1.82, 2.24) is 15.3 Å².